The predicted octanol–water partition coefficient (Wildman–Crippen LogP) is 3.61. The first-order valence-corrected chi connectivity index (χ1v) is 6.59. The van der Waals surface area contributed by atoms with Gasteiger partial charge in [-0.3, -0.25) is 0 Å². The number of nitrogens with zero attached hydrogens (tertiary/aromatic N) is 2. The highest BCUT2D eigenvalue weighted by Gasteiger charge is 2.12. The Morgan fingerprint density at radius 1 is 1.05 bits per heavy atom. The van der Waals surface area contributed by atoms with Gasteiger partial charge in [-0.15, -0.1) is 0 Å². The zero-order valence-electron chi connectivity index (χ0n) is 11.6. The van der Waals surface area contributed by atoms with Crippen LogP contribution in [0.4, 0.5) is 10.1 Å². The molecule has 0 bridgehead atoms. The lowest BCUT2D eigenvalue weighted by Gasteiger charge is -2.17. The van der Waals surface area contributed by atoms with Crippen molar-refractivity contribution >= 4 is 5.69 Å². The Morgan fingerprint density at radius 3 is 2.24 bits per heavy atom. The molecule has 1 N–H and O–H groups in total. The molecule has 1 atom stereocenters. The van der Waals surface area contributed by atoms with Gasteiger partial charge in [-0.1, -0.05) is 24.3 Å². The molecule has 2 aromatic carbocycles. The van der Waals surface area contributed by atoms with Gasteiger partial charge in [0.05, 0.1) is 16.8 Å². The fraction of sp³-hybridized carbons (Fsp3) is 0.176. The molecule has 2 aromatic rings. The van der Waals surface area contributed by atoms with Crippen molar-refractivity contribution in [1.82, 2.24) is 0 Å². The molecule has 0 saturated heterocycles. The summed E-state index contributed by atoms with van der Waals surface area (Å²) in [6.07, 6.45) is 0.470. The zero-order valence-corrected chi connectivity index (χ0v) is 11.6. The lowest BCUT2D eigenvalue weighted by Crippen LogP contribution is -2.20. The highest BCUT2D eigenvalue weighted by Crippen LogP contribution is 2.22. The topological polar surface area (TPSA) is 59.6 Å². The molecule has 0 saturated carbocycles. The Bertz CT molecular complexity index is 693. The summed E-state index contributed by atoms with van der Waals surface area (Å²) in [5.74, 6) is -0.250. The van der Waals surface area contributed by atoms with E-state index in [-0.39, 0.29) is 11.9 Å². The maximum Gasteiger partial charge on any atom is 0.126 e. The maximum absolute atomic E-state index is 13.6. The number of nitrogens with one attached hydrogen (secondary N) is 1. The Kier molecular flexibility index (Phi) is 4.53. The minimum absolute atomic E-state index is 0.108. The summed E-state index contributed by atoms with van der Waals surface area (Å²) in [6.45, 7) is 1.89. The molecule has 2 rings (SSSR count). The van der Waals surface area contributed by atoms with E-state index in [1.807, 2.05) is 6.92 Å². The summed E-state index contributed by atoms with van der Waals surface area (Å²) < 4.78 is 13.6. The maximum atomic E-state index is 13.6. The van der Waals surface area contributed by atoms with Gasteiger partial charge in [0.25, 0.3) is 0 Å². The van der Waals surface area contributed by atoms with Gasteiger partial charge < -0.3 is 5.32 Å². The second-order valence-corrected chi connectivity index (χ2v) is 4.79. The Balaban J connectivity index is 2.21. The molecule has 0 aliphatic rings. The van der Waals surface area contributed by atoms with Crippen molar-refractivity contribution in [3.8, 4) is 12.1 Å². The highest BCUT2D eigenvalue weighted by molar-refractivity contribution is 5.66. The molecular formula is C17H14FN3. The van der Waals surface area contributed by atoms with E-state index in [2.05, 4.69) is 17.5 Å². The molecule has 4 heteroatoms. The number of para-hydroxylation sites is 1. The van der Waals surface area contributed by atoms with Gasteiger partial charge >= 0.3 is 0 Å². The van der Waals surface area contributed by atoms with Crippen LogP contribution < -0.4 is 5.32 Å². The molecule has 0 spiro atoms. The molecule has 0 aromatic heterocycles. The molecule has 0 heterocycles. The average molecular weight is 279 g/mol. The van der Waals surface area contributed by atoms with Gasteiger partial charge in [0, 0.05) is 6.04 Å². The average Bonchev–Trinajstić information content (AvgIpc) is 2.49. The molecule has 0 radical (unpaired) electrons. The van der Waals surface area contributed by atoms with Crippen molar-refractivity contribution in [3.63, 3.8) is 0 Å². The van der Waals surface area contributed by atoms with Gasteiger partial charge in [0.15, 0.2) is 0 Å². The zero-order chi connectivity index (χ0) is 15.2. The number of hydrogen-bond donors (Lipinski definition) is 1. The summed E-state index contributed by atoms with van der Waals surface area (Å²) in [4.78, 5) is 0. The molecule has 21 heavy (non-hydrogen) atoms. The minimum atomic E-state index is -0.250. The summed E-state index contributed by atoms with van der Waals surface area (Å²) in [5.41, 5.74) is 1.93. The van der Waals surface area contributed by atoms with Crippen LogP contribution in [0.5, 0.6) is 0 Å². The third-order valence-electron chi connectivity index (χ3n) is 3.18. The van der Waals surface area contributed by atoms with E-state index in [0.717, 1.165) is 0 Å². The Morgan fingerprint density at radius 2 is 1.67 bits per heavy atom. The van der Waals surface area contributed by atoms with Crippen molar-refractivity contribution < 1.29 is 4.39 Å². The Hall–Kier alpha value is -2.85. The van der Waals surface area contributed by atoms with Crippen molar-refractivity contribution in [2.24, 2.45) is 0 Å². The van der Waals surface area contributed by atoms with Gasteiger partial charge in [-0.05, 0) is 37.1 Å². The molecule has 1 unspecified atom stereocenters. The third-order valence-corrected chi connectivity index (χ3v) is 3.18. The van der Waals surface area contributed by atoms with Crippen molar-refractivity contribution in [2.45, 2.75) is 19.4 Å². The number of nitriles is 2. The monoisotopic (exact) mass is 279 g/mol. The van der Waals surface area contributed by atoms with Crippen LogP contribution in [0.25, 0.3) is 0 Å². The van der Waals surface area contributed by atoms with E-state index >= 15 is 0 Å². The van der Waals surface area contributed by atoms with E-state index < -0.39 is 0 Å². The molecule has 3 nitrogen and oxygen atoms in total. The van der Waals surface area contributed by atoms with Crippen LogP contribution >= 0.6 is 0 Å². The third kappa shape index (κ3) is 3.38. The van der Waals surface area contributed by atoms with E-state index in [1.54, 1.807) is 36.4 Å². The minimum Gasteiger partial charge on any atom is -0.380 e. The number of benzene rings is 2. The first-order chi connectivity index (χ1) is 10.2. The van der Waals surface area contributed by atoms with Crippen LogP contribution in [-0.2, 0) is 6.42 Å². The lowest BCUT2D eigenvalue weighted by molar-refractivity contribution is 0.601. The van der Waals surface area contributed by atoms with Crippen LogP contribution in [-0.4, -0.2) is 6.04 Å². The smallest absolute Gasteiger partial charge is 0.126 e. The van der Waals surface area contributed by atoms with E-state index in [4.69, 9.17) is 10.5 Å². The van der Waals surface area contributed by atoms with Crippen LogP contribution in [0.3, 0.4) is 0 Å². The first kappa shape index (κ1) is 14.6. The van der Waals surface area contributed by atoms with E-state index in [0.29, 0.717) is 28.8 Å². The number of hydrogen-bond acceptors (Lipinski definition) is 3. The number of anilines is 1. The van der Waals surface area contributed by atoms with Crippen molar-refractivity contribution in [3.05, 3.63) is 65.0 Å². The van der Waals surface area contributed by atoms with Gasteiger partial charge in [0.2, 0.25) is 0 Å². The highest BCUT2D eigenvalue weighted by atomic mass is 19.1. The SMILES string of the molecule is CC(Cc1ccccc1F)Nc1c(C#N)cccc1C#N. The lowest BCUT2D eigenvalue weighted by atomic mass is 10.0. The second kappa shape index (κ2) is 6.54. The van der Waals surface area contributed by atoms with Crippen LogP contribution in [0.15, 0.2) is 42.5 Å². The van der Waals surface area contributed by atoms with Crippen LogP contribution in [0, 0.1) is 28.5 Å². The Labute approximate surface area is 123 Å². The quantitative estimate of drug-likeness (QED) is 0.930. The first-order valence-electron chi connectivity index (χ1n) is 6.59. The summed E-state index contributed by atoms with van der Waals surface area (Å²) in [5, 5.41) is 21.4. The van der Waals surface area contributed by atoms with Gasteiger partial charge in [-0.2, -0.15) is 10.5 Å². The summed E-state index contributed by atoms with van der Waals surface area (Å²) in [6, 6.07) is 15.6. The number of halogens is 1. The number of rotatable bonds is 4. The van der Waals surface area contributed by atoms with Gasteiger partial charge in [0.1, 0.15) is 18.0 Å². The normalized spacial score (nSPS) is 11.2. The molecule has 0 fully saturated rings. The largest absolute Gasteiger partial charge is 0.380 e. The van der Waals surface area contributed by atoms with Crippen LogP contribution in [0.2, 0.25) is 0 Å². The second-order valence-electron chi connectivity index (χ2n) is 4.79. The molecular weight excluding hydrogens is 265 g/mol. The fourth-order valence-corrected chi connectivity index (χ4v) is 2.19. The fourth-order valence-electron chi connectivity index (χ4n) is 2.19. The molecule has 0 aliphatic heterocycles. The van der Waals surface area contributed by atoms with Gasteiger partial charge in [-0.25, -0.2) is 4.39 Å². The summed E-state index contributed by atoms with van der Waals surface area (Å²) >= 11 is 0. The summed E-state index contributed by atoms with van der Waals surface area (Å²) in [7, 11) is 0. The van der Waals surface area contributed by atoms with E-state index in [9.17, 15) is 4.39 Å². The molecule has 104 valence electrons. The van der Waals surface area contributed by atoms with E-state index in [1.165, 1.54) is 6.07 Å². The standard InChI is InChI=1S/C17H14FN3/c1-12(9-13-5-2-3-8-16(13)18)21-17-14(10-19)6-4-7-15(17)11-20/h2-8,12,21H,9H2,1H3. The van der Waals surface area contributed by atoms with Crippen molar-refractivity contribution in [2.75, 3.05) is 5.32 Å². The predicted molar refractivity (Wildman–Crippen MR) is 79.1 cm³/mol. The molecule has 0 amide bonds. The van der Waals surface area contributed by atoms with Crippen molar-refractivity contribution in [1.29, 1.82) is 10.5 Å². The molecule has 0 aliphatic carbocycles. The van der Waals surface area contributed by atoms with Crippen LogP contribution in [0.1, 0.15) is 23.6 Å².